The molecule has 0 saturated heterocycles. The Morgan fingerprint density at radius 1 is 0.882 bits per heavy atom. The maximum atomic E-state index is 11.5. The summed E-state index contributed by atoms with van der Waals surface area (Å²) in [6.07, 6.45) is 0. The fourth-order valence-corrected chi connectivity index (χ4v) is 1.76. The van der Waals surface area contributed by atoms with Gasteiger partial charge in [0.1, 0.15) is 0 Å². The van der Waals surface area contributed by atoms with Crippen molar-refractivity contribution in [2.75, 3.05) is 11.5 Å². The summed E-state index contributed by atoms with van der Waals surface area (Å²) in [7, 11) is 0. The molecule has 4 N–H and O–H groups in total. The molecule has 0 atom stereocenters. The number of hydrogen-bond donors (Lipinski definition) is 2. The lowest BCUT2D eigenvalue weighted by atomic mass is 9.93. The fourth-order valence-electron chi connectivity index (χ4n) is 1.76. The third-order valence-corrected chi connectivity index (χ3v) is 2.48. The van der Waals surface area contributed by atoms with Gasteiger partial charge in [-0.2, -0.15) is 0 Å². The third kappa shape index (κ3) is 2.18. The summed E-state index contributed by atoms with van der Waals surface area (Å²) in [4.78, 5) is 34.3. The van der Waals surface area contributed by atoms with E-state index in [-0.39, 0.29) is 45.4 Å². The molecule has 0 amide bonds. The van der Waals surface area contributed by atoms with Crippen LogP contribution in [0.2, 0.25) is 0 Å². The predicted octanol–water partition coefficient (Wildman–Crippen LogP) is 1.46. The van der Waals surface area contributed by atoms with Gasteiger partial charge < -0.3 is 11.5 Å². The minimum Gasteiger partial charge on any atom is -0.398 e. The van der Waals surface area contributed by atoms with Crippen molar-refractivity contribution < 1.29 is 14.4 Å². The molecule has 0 aliphatic carbocycles. The highest BCUT2D eigenvalue weighted by atomic mass is 16.1. The minimum atomic E-state index is -0.387. The van der Waals surface area contributed by atoms with Crippen molar-refractivity contribution in [2.24, 2.45) is 0 Å². The zero-order chi connectivity index (χ0) is 13.3. The number of benzene rings is 1. The largest absolute Gasteiger partial charge is 0.398 e. The fraction of sp³-hybridized carbons (Fsp3) is 0.250. The monoisotopic (exact) mass is 234 g/mol. The first-order chi connectivity index (χ1) is 7.77. The second-order valence-electron chi connectivity index (χ2n) is 3.85. The van der Waals surface area contributed by atoms with Crippen LogP contribution in [0, 0.1) is 0 Å². The Morgan fingerprint density at radius 2 is 1.35 bits per heavy atom. The van der Waals surface area contributed by atoms with Gasteiger partial charge in [0.05, 0.1) is 16.8 Å². The second kappa shape index (κ2) is 4.37. The molecular formula is C12H14N2O3. The maximum absolute atomic E-state index is 11.5. The summed E-state index contributed by atoms with van der Waals surface area (Å²) in [5.74, 6) is -1.04. The first kappa shape index (κ1) is 12.9. The molecule has 5 nitrogen and oxygen atoms in total. The zero-order valence-corrected chi connectivity index (χ0v) is 9.96. The molecule has 1 rings (SSSR count). The average Bonchev–Trinajstić information content (AvgIpc) is 2.18. The number of nitrogen functional groups attached to an aromatic ring is 2. The Morgan fingerprint density at radius 3 is 1.71 bits per heavy atom. The van der Waals surface area contributed by atoms with Gasteiger partial charge >= 0.3 is 0 Å². The van der Waals surface area contributed by atoms with Crippen LogP contribution < -0.4 is 11.5 Å². The van der Waals surface area contributed by atoms with Crippen molar-refractivity contribution in [3.63, 3.8) is 0 Å². The summed E-state index contributed by atoms with van der Waals surface area (Å²) in [6.45, 7) is 3.90. The van der Waals surface area contributed by atoms with Crippen LogP contribution >= 0.6 is 0 Å². The molecule has 0 saturated carbocycles. The Hall–Kier alpha value is -2.17. The zero-order valence-electron chi connectivity index (χ0n) is 9.96. The van der Waals surface area contributed by atoms with Crippen LogP contribution in [-0.2, 0) is 0 Å². The molecular weight excluding hydrogens is 220 g/mol. The standard InChI is InChI=1S/C12H14N2O3/c1-5(15)8-4-9(13)10(6(2)16)11(7(3)17)12(8)14/h4H,13-14H2,1-3H3. The Balaban J connectivity index is 3.78. The molecule has 0 fully saturated rings. The van der Waals surface area contributed by atoms with Crippen molar-refractivity contribution in [1.82, 2.24) is 0 Å². The number of rotatable bonds is 3. The van der Waals surface area contributed by atoms with Gasteiger partial charge in [-0.1, -0.05) is 0 Å². The van der Waals surface area contributed by atoms with E-state index in [2.05, 4.69) is 0 Å². The number of carbonyl (C=O) groups excluding carboxylic acids is 3. The highest BCUT2D eigenvalue weighted by molar-refractivity contribution is 6.17. The van der Waals surface area contributed by atoms with Gasteiger partial charge in [0.2, 0.25) is 0 Å². The molecule has 0 aliphatic heterocycles. The number of nitrogens with two attached hydrogens (primary N) is 2. The minimum absolute atomic E-state index is 0.0180. The predicted molar refractivity (Wildman–Crippen MR) is 65.3 cm³/mol. The summed E-state index contributed by atoms with van der Waals surface area (Å²) in [6, 6.07) is 1.33. The summed E-state index contributed by atoms with van der Waals surface area (Å²) in [5, 5.41) is 0. The number of hydrogen-bond acceptors (Lipinski definition) is 5. The van der Waals surface area contributed by atoms with Gasteiger partial charge in [-0.15, -0.1) is 0 Å². The van der Waals surface area contributed by atoms with Crippen molar-refractivity contribution >= 4 is 28.7 Å². The molecule has 0 bridgehead atoms. The quantitative estimate of drug-likeness (QED) is 0.608. The SMILES string of the molecule is CC(=O)c1cc(N)c(C(C)=O)c(C(C)=O)c1N. The Kier molecular flexibility index (Phi) is 3.31. The number of carbonyl (C=O) groups is 3. The van der Waals surface area contributed by atoms with Gasteiger partial charge in [-0.3, -0.25) is 14.4 Å². The van der Waals surface area contributed by atoms with E-state index in [1.807, 2.05) is 0 Å². The molecule has 1 aromatic rings. The third-order valence-electron chi connectivity index (χ3n) is 2.48. The van der Waals surface area contributed by atoms with Crippen LogP contribution in [-0.4, -0.2) is 17.3 Å². The molecule has 1 aromatic carbocycles. The normalized spacial score (nSPS) is 10.1. The molecule has 90 valence electrons. The highest BCUT2D eigenvalue weighted by Gasteiger charge is 2.22. The maximum Gasteiger partial charge on any atom is 0.162 e. The van der Waals surface area contributed by atoms with E-state index in [1.165, 1.54) is 26.8 Å². The smallest absolute Gasteiger partial charge is 0.162 e. The van der Waals surface area contributed by atoms with E-state index in [1.54, 1.807) is 0 Å². The lowest BCUT2D eigenvalue weighted by Crippen LogP contribution is -2.15. The number of Topliss-reactive ketones (excluding diaryl/α,β-unsaturated/α-hetero) is 3. The molecule has 0 aromatic heterocycles. The molecule has 0 radical (unpaired) electrons. The van der Waals surface area contributed by atoms with E-state index < -0.39 is 0 Å². The van der Waals surface area contributed by atoms with Crippen molar-refractivity contribution in [3.8, 4) is 0 Å². The van der Waals surface area contributed by atoms with E-state index >= 15 is 0 Å². The van der Waals surface area contributed by atoms with Crippen LogP contribution in [0.15, 0.2) is 6.07 Å². The van der Waals surface area contributed by atoms with Crippen molar-refractivity contribution in [3.05, 3.63) is 22.8 Å². The Bertz CT molecular complexity index is 533. The van der Waals surface area contributed by atoms with Crippen LogP contribution in [0.25, 0.3) is 0 Å². The van der Waals surface area contributed by atoms with E-state index in [4.69, 9.17) is 11.5 Å². The van der Waals surface area contributed by atoms with Crippen LogP contribution in [0.1, 0.15) is 51.8 Å². The van der Waals surface area contributed by atoms with E-state index in [0.717, 1.165) is 0 Å². The first-order valence-electron chi connectivity index (χ1n) is 5.02. The van der Waals surface area contributed by atoms with Crippen molar-refractivity contribution in [1.29, 1.82) is 0 Å². The van der Waals surface area contributed by atoms with Gasteiger partial charge in [0.25, 0.3) is 0 Å². The molecule has 0 unspecified atom stereocenters. The van der Waals surface area contributed by atoms with Crippen molar-refractivity contribution in [2.45, 2.75) is 20.8 Å². The highest BCUT2D eigenvalue weighted by Crippen LogP contribution is 2.28. The molecule has 0 aliphatic rings. The molecule has 0 spiro atoms. The lowest BCUT2D eigenvalue weighted by molar-refractivity contribution is 0.0980. The van der Waals surface area contributed by atoms with Gasteiger partial charge in [-0.25, -0.2) is 0 Å². The summed E-state index contributed by atoms with van der Waals surface area (Å²) < 4.78 is 0. The lowest BCUT2D eigenvalue weighted by Gasteiger charge is -2.13. The molecule has 5 heteroatoms. The Labute approximate surface area is 98.8 Å². The van der Waals surface area contributed by atoms with Crippen LogP contribution in [0.4, 0.5) is 11.4 Å². The molecule has 17 heavy (non-hydrogen) atoms. The summed E-state index contributed by atoms with van der Waals surface area (Å²) >= 11 is 0. The topological polar surface area (TPSA) is 103 Å². The van der Waals surface area contributed by atoms with E-state index in [9.17, 15) is 14.4 Å². The van der Waals surface area contributed by atoms with Gasteiger partial charge in [-0.05, 0) is 26.8 Å². The first-order valence-corrected chi connectivity index (χ1v) is 5.02. The molecule has 0 heterocycles. The van der Waals surface area contributed by atoms with E-state index in [0.29, 0.717) is 0 Å². The second-order valence-corrected chi connectivity index (χ2v) is 3.85. The average molecular weight is 234 g/mol. The van der Waals surface area contributed by atoms with Crippen LogP contribution in [0.3, 0.4) is 0 Å². The number of anilines is 2. The summed E-state index contributed by atoms with van der Waals surface area (Å²) in [5.41, 5.74) is 11.8. The number of ketones is 3. The van der Waals surface area contributed by atoms with Gasteiger partial charge in [0.15, 0.2) is 17.3 Å². The van der Waals surface area contributed by atoms with Gasteiger partial charge in [0, 0.05) is 11.3 Å². The van der Waals surface area contributed by atoms with Crippen LogP contribution in [0.5, 0.6) is 0 Å².